The van der Waals surface area contributed by atoms with E-state index >= 15 is 0 Å². The fraction of sp³-hybridized carbons (Fsp3) is 0.0149. The summed E-state index contributed by atoms with van der Waals surface area (Å²) in [7, 11) is 0. The number of anilines is 3. The van der Waals surface area contributed by atoms with Crippen LogP contribution in [0.5, 0.6) is 0 Å². The Bertz CT molecular complexity index is 3790. The molecule has 0 saturated carbocycles. The highest BCUT2D eigenvalue weighted by atomic mass is 32.1. The Hall–Kier alpha value is -8.56. The molecule has 69 heavy (non-hydrogen) atoms. The van der Waals surface area contributed by atoms with E-state index < -0.39 is 5.41 Å². The van der Waals surface area contributed by atoms with Crippen LogP contribution in [0.2, 0.25) is 0 Å². The number of para-hydroxylation sites is 2. The number of thiophene rings is 1. The maximum atomic E-state index is 2.45. The molecule has 0 spiro atoms. The zero-order valence-corrected chi connectivity index (χ0v) is 38.7. The fourth-order valence-electron chi connectivity index (χ4n) is 11.1. The largest absolute Gasteiger partial charge is 0.309 e. The lowest BCUT2D eigenvalue weighted by molar-refractivity contribution is 0.768. The summed E-state index contributed by atoms with van der Waals surface area (Å²) >= 11 is 1.88. The summed E-state index contributed by atoms with van der Waals surface area (Å²) in [5, 5.41) is 2.62. The predicted molar refractivity (Wildman–Crippen MR) is 293 cm³/mol. The zero-order chi connectivity index (χ0) is 45.7. The van der Waals surface area contributed by atoms with Gasteiger partial charge in [0.15, 0.2) is 0 Å². The molecule has 0 bridgehead atoms. The van der Waals surface area contributed by atoms with Crippen LogP contribution in [0.25, 0.3) is 75.8 Å². The quantitative estimate of drug-likeness (QED) is 0.140. The monoisotopic (exact) mass is 895 g/mol. The van der Waals surface area contributed by atoms with Gasteiger partial charge in [-0.2, -0.15) is 0 Å². The number of fused-ring (bicyclic) bond motifs is 6. The van der Waals surface area contributed by atoms with Crippen LogP contribution in [0.4, 0.5) is 17.1 Å². The summed E-state index contributed by atoms with van der Waals surface area (Å²) in [6.45, 7) is 0. The van der Waals surface area contributed by atoms with Crippen LogP contribution in [-0.2, 0) is 5.41 Å². The second-order valence-electron chi connectivity index (χ2n) is 17.9. The molecule has 13 rings (SSSR count). The van der Waals surface area contributed by atoms with Crippen LogP contribution in [0.3, 0.4) is 0 Å². The van der Waals surface area contributed by atoms with E-state index in [2.05, 4.69) is 278 Å². The Morgan fingerprint density at radius 1 is 0.290 bits per heavy atom. The molecule has 0 N–H and O–H groups in total. The van der Waals surface area contributed by atoms with Gasteiger partial charge in [0.2, 0.25) is 0 Å². The van der Waals surface area contributed by atoms with Crippen molar-refractivity contribution in [2.24, 2.45) is 0 Å². The van der Waals surface area contributed by atoms with Crippen molar-refractivity contribution in [2.75, 3.05) is 4.90 Å². The van der Waals surface area contributed by atoms with Gasteiger partial charge in [-0.1, -0.05) is 231 Å². The van der Waals surface area contributed by atoms with E-state index in [1.54, 1.807) is 0 Å². The smallest absolute Gasteiger partial charge is 0.0713 e. The van der Waals surface area contributed by atoms with Crippen molar-refractivity contribution in [3.8, 4) is 55.6 Å². The van der Waals surface area contributed by atoms with Crippen molar-refractivity contribution < 1.29 is 0 Å². The molecule has 0 saturated heterocycles. The molecular weight excluding hydrogens is 851 g/mol. The van der Waals surface area contributed by atoms with E-state index in [4.69, 9.17) is 0 Å². The number of benzene rings is 11. The van der Waals surface area contributed by atoms with Gasteiger partial charge >= 0.3 is 0 Å². The lowest BCUT2D eigenvalue weighted by atomic mass is 9.67. The fourth-order valence-corrected chi connectivity index (χ4v) is 12.3. The third-order valence-corrected chi connectivity index (χ3v) is 15.4. The minimum Gasteiger partial charge on any atom is -0.309 e. The molecule has 0 aliphatic heterocycles. The van der Waals surface area contributed by atoms with E-state index in [9.17, 15) is 0 Å². The highest BCUT2D eigenvalue weighted by Gasteiger charge is 2.46. The molecule has 1 nitrogen and oxygen atoms in total. The van der Waals surface area contributed by atoms with E-state index in [-0.39, 0.29) is 0 Å². The maximum Gasteiger partial charge on any atom is 0.0713 e. The molecule has 2 heteroatoms. The lowest BCUT2D eigenvalue weighted by Gasteiger charge is -2.33. The van der Waals surface area contributed by atoms with Gasteiger partial charge in [0.25, 0.3) is 0 Å². The number of nitrogens with zero attached hydrogens (tertiary/aromatic N) is 1. The maximum absolute atomic E-state index is 2.45. The molecule has 0 unspecified atom stereocenters. The topological polar surface area (TPSA) is 3.24 Å². The van der Waals surface area contributed by atoms with Crippen LogP contribution in [0, 0.1) is 0 Å². The van der Waals surface area contributed by atoms with Gasteiger partial charge in [-0.25, -0.2) is 0 Å². The molecular formula is C67H45NS. The SMILES string of the molecule is c1ccc(-c2ccccc2N(c2ccc(-c3cccc4c3sc3ccccc34)cc2)c2ccccc2-c2cccc(-c3ccc4c(c3)-c3ccccc3C4(c3ccccc3)c3ccccc3)c2)cc1. The molecule has 12 aromatic rings. The predicted octanol–water partition coefficient (Wildman–Crippen LogP) is 18.6. The third-order valence-electron chi connectivity index (χ3n) is 14.2. The Balaban J connectivity index is 0.944. The third kappa shape index (κ3) is 6.75. The van der Waals surface area contributed by atoms with Crippen LogP contribution in [-0.4, -0.2) is 0 Å². The minimum atomic E-state index is -0.433. The van der Waals surface area contributed by atoms with Crippen molar-refractivity contribution >= 4 is 48.6 Å². The summed E-state index contributed by atoms with van der Waals surface area (Å²) in [5.74, 6) is 0. The Morgan fingerprint density at radius 2 is 0.768 bits per heavy atom. The van der Waals surface area contributed by atoms with Gasteiger partial charge in [0.05, 0.1) is 16.8 Å². The van der Waals surface area contributed by atoms with Crippen molar-refractivity contribution in [1.82, 2.24) is 0 Å². The Morgan fingerprint density at radius 3 is 1.49 bits per heavy atom. The van der Waals surface area contributed by atoms with Crippen LogP contribution < -0.4 is 4.90 Å². The summed E-state index contributed by atoms with van der Waals surface area (Å²) < 4.78 is 2.64. The number of hydrogen-bond donors (Lipinski definition) is 0. The van der Waals surface area contributed by atoms with Crippen LogP contribution in [0.1, 0.15) is 22.3 Å². The highest BCUT2D eigenvalue weighted by Crippen LogP contribution is 2.57. The molecule has 0 radical (unpaired) electrons. The van der Waals surface area contributed by atoms with Crippen LogP contribution in [0.15, 0.2) is 273 Å². The molecule has 0 atom stereocenters. The van der Waals surface area contributed by atoms with Gasteiger partial charge in [-0.15, -0.1) is 11.3 Å². The first-order valence-corrected chi connectivity index (χ1v) is 24.6. The van der Waals surface area contributed by atoms with Gasteiger partial charge < -0.3 is 4.90 Å². The molecule has 0 amide bonds. The molecule has 1 aromatic heterocycles. The van der Waals surface area contributed by atoms with E-state index in [0.29, 0.717) is 0 Å². The van der Waals surface area contributed by atoms with Crippen molar-refractivity contribution in [3.63, 3.8) is 0 Å². The summed E-state index contributed by atoms with van der Waals surface area (Å²) in [4.78, 5) is 2.45. The number of rotatable bonds is 9. The minimum absolute atomic E-state index is 0.433. The van der Waals surface area contributed by atoms with Gasteiger partial charge in [0.1, 0.15) is 0 Å². The first-order valence-electron chi connectivity index (χ1n) is 23.7. The molecule has 1 aliphatic carbocycles. The zero-order valence-electron chi connectivity index (χ0n) is 37.8. The molecule has 0 fully saturated rings. The first kappa shape index (κ1) is 40.7. The average molecular weight is 896 g/mol. The molecule has 324 valence electrons. The van der Waals surface area contributed by atoms with Crippen molar-refractivity contribution in [1.29, 1.82) is 0 Å². The number of hydrogen-bond acceptors (Lipinski definition) is 2. The first-order chi connectivity index (χ1) is 34.2. The van der Waals surface area contributed by atoms with E-state index in [1.165, 1.54) is 86.9 Å². The summed E-state index contributed by atoms with van der Waals surface area (Å²) in [6.07, 6.45) is 0. The Labute approximate surface area is 407 Å². The molecule has 1 aliphatic rings. The van der Waals surface area contributed by atoms with Gasteiger partial charge in [-0.05, 0) is 109 Å². The standard InChI is InChI=1S/C67H45NS/c1-4-20-46(21-5-1)54-28-11-15-35-63(54)68(53-41-38-47(39-42-53)56-32-19-33-59-58-31-13-17-37-65(58)69-66(56)59)64-36-16-12-29-55(64)50-23-18-22-48(44-50)49-40-43-62-60(45-49)57-30-10-14-34-61(57)67(62,51-24-6-2-7-25-51)52-26-8-3-9-27-52/h1-45H. The lowest BCUT2D eigenvalue weighted by Crippen LogP contribution is -2.28. The molecule has 1 heterocycles. The summed E-state index contributed by atoms with van der Waals surface area (Å²) in [6, 6.07) is 100. The van der Waals surface area contributed by atoms with Crippen molar-refractivity contribution in [2.45, 2.75) is 5.41 Å². The van der Waals surface area contributed by atoms with Gasteiger partial charge in [-0.3, -0.25) is 0 Å². The average Bonchev–Trinajstić information content (AvgIpc) is 3.96. The summed E-state index contributed by atoms with van der Waals surface area (Å²) in [5.41, 5.74) is 20.1. The van der Waals surface area contributed by atoms with E-state index in [1.807, 2.05) is 11.3 Å². The Kier molecular flexibility index (Phi) is 10.00. The normalized spacial score (nSPS) is 12.5. The highest BCUT2D eigenvalue weighted by molar-refractivity contribution is 7.26. The second kappa shape index (κ2) is 16.9. The van der Waals surface area contributed by atoms with E-state index in [0.717, 1.165) is 28.2 Å². The van der Waals surface area contributed by atoms with Gasteiger partial charge in [0, 0.05) is 37.0 Å². The molecule has 11 aromatic carbocycles. The van der Waals surface area contributed by atoms with Crippen molar-refractivity contribution in [3.05, 3.63) is 295 Å². The van der Waals surface area contributed by atoms with Crippen LogP contribution >= 0.6 is 11.3 Å². The second-order valence-corrected chi connectivity index (χ2v) is 19.0.